The van der Waals surface area contributed by atoms with Gasteiger partial charge in [0.25, 0.3) is 0 Å². The van der Waals surface area contributed by atoms with E-state index in [0.29, 0.717) is 11.7 Å². The van der Waals surface area contributed by atoms with Gasteiger partial charge in [0.1, 0.15) is 5.03 Å². The van der Waals surface area contributed by atoms with Crippen LogP contribution in [0.1, 0.15) is 31.9 Å². The van der Waals surface area contributed by atoms with E-state index in [4.69, 9.17) is 5.73 Å². The Labute approximate surface area is 115 Å². The number of nitrogens with two attached hydrogens (primary N) is 1. The zero-order valence-electron chi connectivity index (χ0n) is 11.0. The van der Waals surface area contributed by atoms with Crippen LogP contribution < -0.4 is 11.4 Å². The van der Waals surface area contributed by atoms with Gasteiger partial charge in [0, 0.05) is 18.8 Å². The van der Waals surface area contributed by atoms with Gasteiger partial charge in [0.15, 0.2) is 5.16 Å². The summed E-state index contributed by atoms with van der Waals surface area (Å²) in [7, 11) is 0. The number of hydrogen-bond donors (Lipinski definition) is 2. The van der Waals surface area contributed by atoms with Crippen LogP contribution in [0.25, 0.3) is 0 Å². The molecule has 0 aliphatic rings. The minimum Gasteiger partial charge on any atom is -0.324 e. The van der Waals surface area contributed by atoms with Gasteiger partial charge in [-0.15, -0.1) is 5.10 Å². The Morgan fingerprint density at radius 2 is 2.32 bits per heavy atom. The first kappa shape index (κ1) is 13.8. The molecule has 0 bridgehead atoms. The summed E-state index contributed by atoms with van der Waals surface area (Å²) in [4.78, 5) is 15.9. The topological polar surface area (TPSA) is 89.6 Å². The van der Waals surface area contributed by atoms with E-state index in [9.17, 15) is 4.79 Å². The molecule has 0 radical (unpaired) electrons. The molecule has 0 spiro atoms. The van der Waals surface area contributed by atoms with E-state index < -0.39 is 0 Å². The maximum Gasteiger partial charge on any atom is 0.343 e. The van der Waals surface area contributed by atoms with E-state index in [1.165, 1.54) is 11.8 Å². The zero-order chi connectivity index (χ0) is 13.8. The lowest BCUT2D eigenvalue weighted by molar-refractivity contribution is 0.603. The molecule has 2 aromatic heterocycles. The number of aromatic amines is 1. The molecule has 0 fully saturated rings. The third-order valence-corrected chi connectivity index (χ3v) is 3.60. The summed E-state index contributed by atoms with van der Waals surface area (Å²) >= 11 is 1.36. The summed E-state index contributed by atoms with van der Waals surface area (Å²) in [5.74, 6) is 0. The van der Waals surface area contributed by atoms with Crippen LogP contribution >= 0.6 is 11.8 Å². The number of pyridine rings is 1. The Kier molecular flexibility index (Phi) is 4.39. The molecule has 2 rings (SSSR count). The van der Waals surface area contributed by atoms with Crippen molar-refractivity contribution in [2.24, 2.45) is 5.73 Å². The average Bonchev–Trinajstić information content (AvgIpc) is 2.73. The highest BCUT2D eigenvalue weighted by atomic mass is 32.2. The van der Waals surface area contributed by atoms with Gasteiger partial charge in [-0.1, -0.05) is 13.0 Å². The van der Waals surface area contributed by atoms with Crippen LogP contribution in [-0.2, 0) is 6.54 Å². The third kappa shape index (κ3) is 3.24. The van der Waals surface area contributed by atoms with Crippen molar-refractivity contribution in [1.29, 1.82) is 0 Å². The van der Waals surface area contributed by atoms with Crippen molar-refractivity contribution in [3.05, 3.63) is 34.4 Å². The number of nitrogens with one attached hydrogen (secondary N) is 1. The van der Waals surface area contributed by atoms with Crippen molar-refractivity contribution in [1.82, 2.24) is 19.7 Å². The number of hydrogen-bond acceptors (Lipinski definition) is 5. The Hall–Kier alpha value is -1.60. The highest BCUT2D eigenvalue weighted by Gasteiger charge is 2.10. The second-order valence-electron chi connectivity index (χ2n) is 4.28. The molecule has 6 nitrogen and oxygen atoms in total. The van der Waals surface area contributed by atoms with Gasteiger partial charge in [0.05, 0.1) is 0 Å². The minimum absolute atomic E-state index is 0.0322. The van der Waals surface area contributed by atoms with Crippen molar-refractivity contribution in [2.75, 3.05) is 0 Å². The van der Waals surface area contributed by atoms with Crippen LogP contribution in [0.3, 0.4) is 0 Å². The van der Waals surface area contributed by atoms with Gasteiger partial charge >= 0.3 is 5.69 Å². The first-order chi connectivity index (χ1) is 9.11. The van der Waals surface area contributed by atoms with Crippen LogP contribution in [0.4, 0.5) is 0 Å². The van der Waals surface area contributed by atoms with Crippen molar-refractivity contribution in [3.63, 3.8) is 0 Å². The monoisotopic (exact) mass is 279 g/mol. The maximum absolute atomic E-state index is 11.6. The van der Waals surface area contributed by atoms with E-state index in [0.717, 1.165) is 17.0 Å². The van der Waals surface area contributed by atoms with Crippen molar-refractivity contribution in [2.45, 2.75) is 43.0 Å². The molecule has 0 unspecified atom stereocenters. The Balaban J connectivity index is 2.19. The van der Waals surface area contributed by atoms with Crippen LogP contribution in [-0.4, -0.2) is 19.7 Å². The van der Waals surface area contributed by atoms with Gasteiger partial charge < -0.3 is 5.73 Å². The number of H-pyrrole nitrogens is 1. The summed E-state index contributed by atoms with van der Waals surface area (Å²) in [6, 6.07) is 3.79. The Morgan fingerprint density at radius 1 is 1.53 bits per heavy atom. The summed E-state index contributed by atoms with van der Waals surface area (Å²) in [6.07, 6.45) is 2.63. The fourth-order valence-corrected chi connectivity index (χ4v) is 2.42. The van der Waals surface area contributed by atoms with Crippen LogP contribution in [0, 0.1) is 0 Å². The molecule has 3 N–H and O–H groups in total. The second-order valence-corrected chi connectivity index (χ2v) is 5.27. The number of aromatic nitrogens is 4. The summed E-state index contributed by atoms with van der Waals surface area (Å²) in [5, 5.41) is 7.90. The average molecular weight is 279 g/mol. The van der Waals surface area contributed by atoms with E-state index in [-0.39, 0.29) is 11.7 Å². The van der Waals surface area contributed by atoms with Crippen molar-refractivity contribution < 1.29 is 0 Å². The quantitative estimate of drug-likeness (QED) is 0.866. The molecular formula is C12H17N5OS. The lowest BCUT2D eigenvalue weighted by Crippen LogP contribution is -2.17. The summed E-state index contributed by atoms with van der Waals surface area (Å²) in [5.41, 5.74) is 6.57. The smallest absolute Gasteiger partial charge is 0.324 e. The van der Waals surface area contributed by atoms with Gasteiger partial charge in [-0.25, -0.2) is 14.9 Å². The normalized spacial score (nSPS) is 12.6. The molecule has 0 saturated heterocycles. The van der Waals surface area contributed by atoms with Crippen LogP contribution in [0.2, 0.25) is 0 Å². The molecule has 102 valence electrons. The molecule has 0 amide bonds. The fraction of sp³-hybridized carbons (Fsp3) is 0.417. The van der Waals surface area contributed by atoms with Crippen molar-refractivity contribution in [3.8, 4) is 0 Å². The van der Waals surface area contributed by atoms with Crippen molar-refractivity contribution >= 4 is 11.8 Å². The minimum atomic E-state index is -0.184. The van der Waals surface area contributed by atoms with E-state index in [1.54, 1.807) is 10.8 Å². The molecular weight excluding hydrogens is 262 g/mol. The predicted molar refractivity (Wildman–Crippen MR) is 74.1 cm³/mol. The maximum atomic E-state index is 11.6. The highest BCUT2D eigenvalue weighted by Crippen LogP contribution is 2.23. The number of rotatable bonds is 5. The van der Waals surface area contributed by atoms with Crippen LogP contribution in [0.5, 0.6) is 0 Å². The SMILES string of the molecule is CCCn1c(Sc2ccc([C@@H](C)N)cn2)n[nH]c1=O. The third-order valence-electron chi connectivity index (χ3n) is 2.65. The summed E-state index contributed by atoms with van der Waals surface area (Å²) < 4.78 is 1.62. The van der Waals surface area contributed by atoms with E-state index >= 15 is 0 Å². The van der Waals surface area contributed by atoms with E-state index in [2.05, 4.69) is 15.2 Å². The van der Waals surface area contributed by atoms with E-state index in [1.807, 2.05) is 26.0 Å². The molecule has 1 atom stereocenters. The first-order valence-electron chi connectivity index (χ1n) is 6.16. The Morgan fingerprint density at radius 3 is 2.89 bits per heavy atom. The zero-order valence-corrected chi connectivity index (χ0v) is 11.8. The fourth-order valence-electron chi connectivity index (χ4n) is 1.62. The Bertz CT molecular complexity index is 587. The van der Waals surface area contributed by atoms with Crippen LogP contribution in [0.15, 0.2) is 33.3 Å². The lowest BCUT2D eigenvalue weighted by Gasteiger charge is -2.06. The van der Waals surface area contributed by atoms with Gasteiger partial charge in [-0.3, -0.25) is 4.57 Å². The molecule has 2 heterocycles. The molecule has 0 aliphatic heterocycles. The highest BCUT2D eigenvalue weighted by molar-refractivity contribution is 7.99. The molecule has 19 heavy (non-hydrogen) atoms. The van der Waals surface area contributed by atoms with Gasteiger partial charge in [0.2, 0.25) is 0 Å². The molecule has 7 heteroatoms. The van der Waals surface area contributed by atoms with Gasteiger partial charge in [-0.2, -0.15) is 0 Å². The molecule has 2 aromatic rings. The summed E-state index contributed by atoms with van der Waals surface area (Å²) in [6.45, 7) is 4.58. The lowest BCUT2D eigenvalue weighted by atomic mass is 10.2. The standard InChI is InChI=1S/C12H17N5OS/c1-3-6-17-11(18)15-16-12(17)19-10-5-4-9(7-14-10)8(2)13/h4-5,7-8H,3,6,13H2,1-2H3,(H,15,18)/t8-/m1/s1. The molecule has 0 aromatic carbocycles. The molecule has 0 saturated carbocycles. The second kappa shape index (κ2) is 6.03. The van der Waals surface area contributed by atoms with Gasteiger partial charge in [-0.05, 0) is 36.7 Å². The largest absolute Gasteiger partial charge is 0.343 e. The first-order valence-corrected chi connectivity index (χ1v) is 6.98. The predicted octanol–water partition coefficient (Wildman–Crippen LogP) is 1.55. The number of nitrogens with zero attached hydrogens (tertiary/aromatic N) is 3. The molecule has 0 aliphatic carbocycles.